The van der Waals surface area contributed by atoms with Gasteiger partial charge in [-0.1, -0.05) is 41.4 Å². The molecule has 8 heteroatoms. The number of rotatable bonds is 4. The van der Waals surface area contributed by atoms with E-state index in [9.17, 15) is 15.2 Å². The minimum Gasteiger partial charge on any atom is -0.506 e. The van der Waals surface area contributed by atoms with Gasteiger partial charge in [-0.25, -0.2) is 0 Å². The molecule has 3 rings (SSSR count). The third kappa shape index (κ3) is 5.02. The maximum Gasteiger partial charge on any atom is 0.259 e. The Kier molecular flexibility index (Phi) is 7.50. The van der Waals surface area contributed by atoms with Crippen LogP contribution >= 0.6 is 68.4 Å². The van der Waals surface area contributed by atoms with Crippen LogP contribution in [0.15, 0.2) is 48.5 Å². The molecule has 0 aliphatic heterocycles. The Morgan fingerprint density at radius 2 is 1.80 bits per heavy atom. The molecule has 1 amide bonds. The van der Waals surface area contributed by atoms with Crippen LogP contribution in [-0.4, -0.2) is 11.0 Å². The number of amides is 1. The second-order valence-corrected chi connectivity index (χ2v) is 9.79. The minimum absolute atomic E-state index is 0.0684. The summed E-state index contributed by atoms with van der Waals surface area (Å²) in [7, 11) is 0. The number of carbonyl (C=O) groups is 1. The molecule has 0 aromatic heterocycles. The van der Waals surface area contributed by atoms with Crippen LogP contribution in [0.4, 0.5) is 5.69 Å². The quantitative estimate of drug-likeness (QED) is 0.292. The van der Waals surface area contributed by atoms with Crippen LogP contribution in [0.2, 0.25) is 10.0 Å². The molecule has 0 unspecified atom stereocenters. The highest BCUT2D eigenvalue weighted by molar-refractivity contribution is 14.1. The van der Waals surface area contributed by atoms with Crippen molar-refractivity contribution in [1.82, 2.24) is 0 Å². The highest BCUT2D eigenvalue weighted by Crippen LogP contribution is 2.35. The zero-order valence-corrected chi connectivity index (χ0v) is 21.3. The van der Waals surface area contributed by atoms with Gasteiger partial charge in [0, 0.05) is 19.3 Å². The van der Waals surface area contributed by atoms with E-state index in [4.69, 9.17) is 23.2 Å². The minimum atomic E-state index is -0.570. The number of carbonyl (C=O) groups excluding carboxylic acids is 1. The van der Waals surface area contributed by atoms with E-state index in [1.54, 1.807) is 48.5 Å². The summed E-state index contributed by atoms with van der Waals surface area (Å²) in [5, 5.41) is 23.7. The van der Waals surface area contributed by atoms with Gasteiger partial charge >= 0.3 is 0 Å². The summed E-state index contributed by atoms with van der Waals surface area (Å²) in [5.74, 6) is -1.08. The topological polar surface area (TPSA) is 73.1 Å². The lowest BCUT2D eigenvalue weighted by atomic mass is 9.91. The maximum atomic E-state index is 12.7. The molecule has 0 saturated carbocycles. The standard InChI is InChI=1S/C22H14Cl2I2N2O2/c1-11-6-15(17(10-27)12-2-4-13(23)5-3-12)18(24)9-20(11)28-22(30)16-7-14(25)8-19(26)21(16)29/h2-9,17,29H,1H3,(H,28,30)/t17-/m1/s1. The molecule has 3 aromatic rings. The predicted molar refractivity (Wildman–Crippen MR) is 137 cm³/mol. The predicted octanol–water partition coefficient (Wildman–Crippen LogP) is 7.12. The van der Waals surface area contributed by atoms with Crippen molar-refractivity contribution in [3.63, 3.8) is 0 Å². The van der Waals surface area contributed by atoms with Gasteiger partial charge in [0.2, 0.25) is 0 Å². The Bertz CT molecular complexity index is 1180. The lowest BCUT2D eigenvalue weighted by Gasteiger charge is -2.16. The molecule has 2 N–H and O–H groups in total. The summed E-state index contributed by atoms with van der Waals surface area (Å²) >= 11 is 16.5. The molecule has 0 radical (unpaired) electrons. The smallest absolute Gasteiger partial charge is 0.259 e. The molecule has 3 aromatic carbocycles. The first-order valence-electron chi connectivity index (χ1n) is 8.65. The van der Waals surface area contributed by atoms with Crippen LogP contribution in [0, 0.1) is 25.4 Å². The number of aromatic hydroxyl groups is 1. The van der Waals surface area contributed by atoms with Gasteiger partial charge in [-0.3, -0.25) is 4.79 Å². The Balaban J connectivity index is 1.94. The molecule has 0 spiro atoms. The third-order valence-electron chi connectivity index (χ3n) is 4.51. The van der Waals surface area contributed by atoms with Gasteiger partial charge in [0.25, 0.3) is 5.91 Å². The highest BCUT2D eigenvalue weighted by atomic mass is 127. The van der Waals surface area contributed by atoms with E-state index in [-0.39, 0.29) is 11.3 Å². The Morgan fingerprint density at radius 1 is 1.13 bits per heavy atom. The van der Waals surface area contributed by atoms with Gasteiger partial charge in [-0.05, 0) is 99.1 Å². The van der Waals surface area contributed by atoms with Crippen molar-refractivity contribution < 1.29 is 9.90 Å². The second-order valence-electron chi connectivity index (χ2n) is 6.54. The van der Waals surface area contributed by atoms with Crippen molar-refractivity contribution in [3.05, 3.63) is 88.0 Å². The number of nitrogens with zero attached hydrogens (tertiary/aromatic N) is 1. The average molecular weight is 663 g/mol. The van der Waals surface area contributed by atoms with E-state index in [1.807, 2.05) is 29.5 Å². The molecule has 0 aliphatic rings. The summed E-state index contributed by atoms with van der Waals surface area (Å²) in [6, 6.07) is 16.1. The number of nitrogens with one attached hydrogen (secondary N) is 1. The molecule has 0 saturated heterocycles. The Hall–Kier alpha value is -1.54. The SMILES string of the molecule is Cc1cc([C@H](C#N)c2ccc(Cl)cc2)c(Cl)cc1NC(=O)c1cc(I)cc(I)c1O. The van der Waals surface area contributed by atoms with Crippen molar-refractivity contribution >= 4 is 80.0 Å². The van der Waals surface area contributed by atoms with Gasteiger partial charge in [0.1, 0.15) is 5.75 Å². The van der Waals surface area contributed by atoms with Crippen molar-refractivity contribution in [2.75, 3.05) is 5.32 Å². The van der Waals surface area contributed by atoms with Crippen LogP contribution in [0.5, 0.6) is 5.75 Å². The van der Waals surface area contributed by atoms with E-state index < -0.39 is 11.8 Å². The van der Waals surface area contributed by atoms with E-state index in [1.165, 1.54) is 0 Å². The molecular weight excluding hydrogens is 649 g/mol. The van der Waals surface area contributed by atoms with Crippen molar-refractivity contribution in [3.8, 4) is 11.8 Å². The fourth-order valence-corrected chi connectivity index (χ4v) is 5.21. The van der Waals surface area contributed by atoms with E-state index >= 15 is 0 Å². The van der Waals surface area contributed by atoms with Gasteiger partial charge in [-0.15, -0.1) is 0 Å². The van der Waals surface area contributed by atoms with Crippen LogP contribution in [0.3, 0.4) is 0 Å². The molecule has 0 bridgehead atoms. The normalized spacial score (nSPS) is 11.6. The first kappa shape index (κ1) is 23.1. The number of anilines is 1. The number of hydrogen-bond donors (Lipinski definition) is 2. The van der Waals surface area contributed by atoms with Crippen LogP contribution in [0.25, 0.3) is 0 Å². The number of hydrogen-bond acceptors (Lipinski definition) is 3. The zero-order chi connectivity index (χ0) is 22.0. The lowest BCUT2D eigenvalue weighted by molar-refractivity contribution is 0.102. The average Bonchev–Trinajstić information content (AvgIpc) is 2.70. The van der Waals surface area contributed by atoms with Crippen molar-refractivity contribution in [2.45, 2.75) is 12.8 Å². The fraction of sp³-hybridized carbons (Fsp3) is 0.0909. The van der Waals surface area contributed by atoms with Crippen molar-refractivity contribution in [2.24, 2.45) is 0 Å². The highest BCUT2D eigenvalue weighted by Gasteiger charge is 2.20. The Labute approximate surface area is 211 Å². The van der Waals surface area contributed by atoms with Gasteiger partial charge < -0.3 is 10.4 Å². The maximum absolute atomic E-state index is 12.7. The number of aryl methyl sites for hydroxylation is 1. The summed E-state index contributed by atoms with van der Waals surface area (Å²) in [6.45, 7) is 1.82. The Morgan fingerprint density at radius 3 is 2.43 bits per heavy atom. The zero-order valence-electron chi connectivity index (χ0n) is 15.5. The molecule has 0 aliphatic carbocycles. The molecule has 152 valence electrons. The molecule has 0 heterocycles. The van der Waals surface area contributed by atoms with Gasteiger partial charge in [0.15, 0.2) is 0 Å². The number of phenolic OH excluding ortho intramolecular Hbond substituents is 1. The monoisotopic (exact) mass is 662 g/mol. The van der Waals surface area contributed by atoms with Crippen LogP contribution in [-0.2, 0) is 0 Å². The molecule has 0 fully saturated rings. The first-order valence-corrected chi connectivity index (χ1v) is 11.6. The van der Waals surface area contributed by atoms with Crippen LogP contribution in [0.1, 0.15) is 33.0 Å². The molecule has 4 nitrogen and oxygen atoms in total. The summed E-state index contributed by atoms with van der Waals surface area (Å²) in [4.78, 5) is 12.7. The largest absolute Gasteiger partial charge is 0.506 e. The van der Waals surface area contributed by atoms with Crippen LogP contribution < -0.4 is 5.32 Å². The number of phenols is 1. The summed E-state index contributed by atoms with van der Waals surface area (Å²) in [5.41, 5.74) is 2.86. The number of benzene rings is 3. The number of halogens is 4. The van der Waals surface area contributed by atoms with Crippen molar-refractivity contribution in [1.29, 1.82) is 5.26 Å². The first-order chi connectivity index (χ1) is 14.2. The fourth-order valence-electron chi connectivity index (χ4n) is 2.97. The second kappa shape index (κ2) is 9.73. The van der Waals surface area contributed by atoms with E-state index in [0.29, 0.717) is 24.9 Å². The van der Waals surface area contributed by atoms with E-state index in [2.05, 4.69) is 34.0 Å². The summed E-state index contributed by atoms with van der Waals surface area (Å²) < 4.78 is 1.43. The summed E-state index contributed by atoms with van der Waals surface area (Å²) in [6.07, 6.45) is 0. The molecular formula is C22H14Cl2I2N2O2. The third-order valence-corrected chi connectivity index (χ3v) is 6.53. The van der Waals surface area contributed by atoms with Gasteiger partial charge in [0.05, 0.1) is 21.1 Å². The van der Waals surface area contributed by atoms with E-state index in [0.717, 1.165) is 14.7 Å². The molecule has 1 atom stereocenters. The van der Waals surface area contributed by atoms with Gasteiger partial charge in [-0.2, -0.15) is 5.26 Å². The number of nitriles is 1. The molecule has 30 heavy (non-hydrogen) atoms. The lowest BCUT2D eigenvalue weighted by Crippen LogP contribution is -2.14.